The van der Waals surface area contributed by atoms with Crippen molar-refractivity contribution in [1.29, 1.82) is 0 Å². The van der Waals surface area contributed by atoms with E-state index >= 15 is 0 Å². The van der Waals surface area contributed by atoms with E-state index in [4.69, 9.17) is 9.84 Å². The molecule has 5 nitrogen and oxygen atoms in total. The maximum Gasteiger partial charge on any atom is 0.323 e. The van der Waals surface area contributed by atoms with Gasteiger partial charge in [0.05, 0.1) is 0 Å². The molecule has 0 heterocycles. The number of unbranched alkanes of at least 4 members (excludes halogenated alkanes) is 2. The van der Waals surface area contributed by atoms with Crippen LogP contribution in [0.4, 0.5) is 0 Å². The molecular weight excluding hydrogens is 270 g/mol. The minimum atomic E-state index is -1.02. The molecule has 0 aliphatic heterocycles. The van der Waals surface area contributed by atoms with Crippen molar-refractivity contribution >= 4 is 11.9 Å². The van der Waals surface area contributed by atoms with Crippen LogP contribution in [0.15, 0.2) is 30.3 Å². The summed E-state index contributed by atoms with van der Waals surface area (Å²) in [4.78, 5) is 24.2. The molecule has 21 heavy (non-hydrogen) atoms. The predicted molar refractivity (Wildman–Crippen MR) is 79.8 cm³/mol. The lowest BCUT2D eigenvalue weighted by Crippen LogP contribution is -2.37. The van der Waals surface area contributed by atoms with E-state index in [1.165, 1.54) is 4.90 Å². The number of rotatable bonds is 10. The van der Waals surface area contributed by atoms with E-state index in [0.717, 1.165) is 24.8 Å². The fourth-order valence-electron chi connectivity index (χ4n) is 1.90. The molecule has 1 aromatic carbocycles. The maximum atomic E-state index is 12.1. The van der Waals surface area contributed by atoms with E-state index in [9.17, 15) is 9.59 Å². The SMILES string of the molecule is CCCCCOCC(=O)N(CC(=O)O)Cc1ccccc1. The second kappa shape index (κ2) is 9.94. The highest BCUT2D eigenvalue weighted by molar-refractivity contribution is 5.82. The Labute approximate surface area is 125 Å². The lowest BCUT2D eigenvalue weighted by atomic mass is 10.2. The van der Waals surface area contributed by atoms with Crippen molar-refractivity contribution in [3.05, 3.63) is 35.9 Å². The number of carbonyl (C=O) groups is 2. The van der Waals surface area contributed by atoms with Gasteiger partial charge in [-0.3, -0.25) is 9.59 Å². The zero-order chi connectivity index (χ0) is 15.5. The topological polar surface area (TPSA) is 66.8 Å². The summed E-state index contributed by atoms with van der Waals surface area (Å²) in [7, 11) is 0. The van der Waals surface area contributed by atoms with E-state index in [-0.39, 0.29) is 25.6 Å². The number of hydrogen-bond acceptors (Lipinski definition) is 3. The van der Waals surface area contributed by atoms with Gasteiger partial charge >= 0.3 is 5.97 Å². The van der Waals surface area contributed by atoms with Crippen LogP contribution in [0.1, 0.15) is 31.7 Å². The van der Waals surface area contributed by atoms with Crippen molar-refractivity contribution in [2.75, 3.05) is 19.8 Å². The zero-order valence-corrected chi connectivity index (χ0v) is 12.5. The summed E-state index contributed by atoms with van der Waals surface area (Å²) in [6, 6.07) is 9.33. The van der Waals surface area contributed by atoms with Crippen LogP contribution in [-0.4, -0.2) is 41.6 Å². The number of benzene rings is 1. The Hall–Kier alpha value is -1.88. The highest BCUT2D eigenvalue weighted by Crippen LogP contribution is 2.05. The van der Waals surface area contributed by atoms with Gasteiger partial charge in [-0.05, 0) is 12.0 Å². The molecule has 0 aromatic heterocycles. The Kier molecular flexibility index (Phi) is 8.12. The number of hydrogen-bond donors (Lipinski definition) is 1. The normalized spacial score (nSPS) is 10.3. The number of carboxylic acid groups (broad SMARTS) is 1. The highest BCUT2D eigenvalue weighted by Gasteiger charge is 2.17. The van der Waals surface area contributed by atoms with E-state index in [2.05, 4.69) is 6.92 Å². The first-order chi connectivity index (χ1) is 10.1. The lowest BCUT2D eigenvalue weighted by molar-refractivity contribution is -0.147. The lowest BCUT2D eigenvalue weighted by Gasteiger charge is -2.20. The standard InChI is InChI=1S/C16H23NO4/c1-2-3-7-10-21-13-15(18)17(12-16(19)20)11-14-8-5-4-6-9-14/h4-6,8-9H,2-3,7,10-13H2,1H3,(H,19,20). The van der Waals surface area contributed by atoms with Gasteiger partial charge in [0.2, 0.25) is 5.91 Å². The Bertz CT molecular complexity index is 433. The summed E-state index contributed by atoms with van der Waals surface area (Å²) in [5.74, 6) is -1.32. The fourth-order valence-corrected chi connectivity index (χ4v) is 1.90. The van der Waals surface area contributed by atoms with Crippen molar-refractivity contribution in [3.8, 4) is 0 Å². The van der Waals surface area contributed by atoms with E-state index in [1.807, 2.05) is 30.3 Å². The van der Waals surface area contributed by atoms with Crippen molar-refractivity contribution in [3.63, 3.8) is 0 Å². The monoisotopic (exact) mass is 293 g/mol. The molecule has 0 saturated heterocycles. The second-order valence-electron chi connectivity index (χ2n) is 4.89. The van der Waals surface area contributed by atoms with Gasteiger partial charge < -0.3 is 14.7 Å². The molecule has 0 spiro atoms. The third-order valence-corrected chi connectivity index (χ3v) is 3.01. The number of nitrogens with zero attached hydrogens (tertiary/aromatic N) is 1. The highest BCUT2D eigenvalue weighted by atomic mass is 16.5. The molecule has 0 unspecified atom stereocenters. The molecule has 0 fully saturated rings. The molecular formula is C16H23NO4. The van der Waals surface area contributed by atoms with Gasteiger partial charge in [-0.1, -0.05) is 50.1 Å². The number of ether oxygens (including phenoxy) is 1. The largest absolute Gasteiger partial charge is 0.480 e. The molecule has 1 aromatic rings. The average molecular weight is 293 g/mol. The summed E-state index contributed by atoms with van der Waals surface area (Å²) in [6.07, 6.45) is 3.08. The van der Waals surface area contributed by atoms with E-state index in [1.54, 1.807) is 0 Å². The summed E-state index contributed by atoms with van der Waals surface area (Å²) in [6.45, 7) is 2.53. The molecule has 0 bridgehead atoms. The molecule has 1 amide bonds. The van der Waals surface area contributed by atoms with E-state index in [0.29, 0.717) is 6.61 Å². The van der Waals surface area contributed by atoms with Crippen LogP contribution in [0.3, 0.4) is 0 Å². The van der Waals surface area contributed by atoms with Crippen LogP contribution in [0.5, 0.6) is 0 Å². The summed E-state index contributed by atoms with van der Waals surface area (Å²) in [5, 5.41) is 8.92. The first-order valence-corrected chi connectivity index (χ1v) is 7.24. The minimum Gasteiger partial charge on any atom is -0.480 e. The van der Waals surface area contributed by atoms with E-state index < -0.39 is 5.97 Å². The van der Waals surface area contributed by atoms with Crippen LogP contribution in [0.25, 0.3) is 0 Å². The first kappa shape index (κ1) is 17.2. The third-order valence-electron chi connectivity index (χ3n) is 3.01. The molecule has 1 rings (SSSR count). The molecule has 0 atom stereocenters. The average Bonchev–Trinajstić information content (AvgIpc) is 2.47. The summed E-state index contributed by atoms with van der Waals surface area (Å²) < 4.78 is 5.31. The minimum absolute atomic E-state index is 0.0656. The summed E-state index contributed by atoms with van der Waals surface area (Å²) >= 11 is 0. The Morgan fingerprint density at radius 1 is 1.19 bits per heavy atom. The predicted octanol–water partition coefficient (Wildman–Crippen LogP) is 2.31. The van der Waals surface area contributed by atoms with Crippen molar-refractivity contribution < 1.29 is 19.4 Å². The molecule has 0 saturated carbocycles. The zero-order valence-electron chi connectivity index (χ0n) is 12.5. The van der Waals surface area contributed by atoms with Gasteiger partial charge in [0.1, 0.15) is 13.2 Å². The maximum absolute atomic E-state index is 12.1. The molecule has 0 aliphatic carbocycles. The van der Waals surface area contributed by atoms with Gasteiger partial charge in [0.15, 0.2) is 0 Å². The van der Waals surface area contributed by atoms with Gasteiger partial charge in [0.25, 0.3) is 0 Å². The van der Waals surface area contributed by atoms with Crippen LogP contribution in [0.2, 0.25) is 0 Å². The van der Waals surface area contributed by atoms with Gasteiger partial charge in [0, 0.05) is 13.2 Å². The Balaban J connectivity index is 2.48. The molecule has 1 N–H and O–H groups in total. The number of amides is 1. The van der Waals surface area contributed by atoms with Crippen molar-refractivity contribution in [2.24, 2.45) is 0 Å². The smallest absolute Gasteiger partial charge is 0.323 e. The summed E-state index contributed by atoms with van der Waals surface area (Å²) in [5.41, 5.74) is 0.901. The Morgan fingerprint density at radius 3 is 2.52 bits per heavy atom. The van der Waals surface area contributed by atoms with Gasteiger partial charge in [-0.25, -0.2) is 0 Å². The van der Waals surface area contributed by atoms with Gasteiger partial charge in [-0.15, -0.1) is 0 Å². The molecule has 116 valence electrons. The number of carbonyl (C=O) groups excluding carboxylic acids is 1. The van der Waals surface area contributed by atoms with Crippen LogP contribution in [0, 0.1) is 0 Å². The van der Waals surface area contributed by atoms with Crippen LogP contribution < -0.4 is 0 Å². The van der Waals surface area contributed by atoms with Crippen molar-refractivity contribution in [1.82, 2.24) is 4.90 Å². The molecule has 0 radical (unpaired) electrons. The Morgan fingerprint density at radius 2 is 1.90 bits per heavy atom. The fraction of sp³-hybridized carbons (Fsp3) is 0.500. The van der Waals surface area contributed by atoms with Crippen LogP contribution in [-0.2, 0) is 20.9 Å². The quantitative estimate of drug-likeness (QED) is 0.672. The first-order valence-electron chi connectivity index (χ1n) is 7.24. The molecule has 0 aliphatic rings. The molecule has 5 heteroatoms. The number of carboxylic acids is 1. The number of aliphatic carboxylic acids is 1. The van der Waals surface area contributed by atoms with Crippen LogP contribution >= 0.6 is 0 Å². The van der Waals surface area contributed by atoms with Crippen molar-refractivity contribution in [2.45, 2.75) is 32.7 Å². The second-order valence-corrected chi connectivity index (χ2v) is 4.89. The van der Waals surface area contributed by atoms with Gasteiger partial charge in [-0.2, -0.15) is 0 Å². The third kappa shape index (κ3) is 7.46.